The van der Waals surface area contributed by atoms with Gasteiger partial charge in [0, 0.05) is 12.6 Å². The van der Waals surface area contributed by atoms with Gasteiger partial charge in [-0.25, -0.2) is 0 Å². The molecular formula is C10H21ClN2O. The first-order valence-electron chi connectivity index (χ1n) is 5.06. The van der Waals surface area contributed by atoms with E-state index in [9.17, 15) is 4.79 Å². The van der Waals surface area contributed by atoms with Gasteiger partial charge in [0.25, 0.3) is 0 Å². The third-order valence-corrected chi connectivity index (χ3v) is 2.85. The molecule has 0 aromatic rings. The Morgan fingerprint density at radius 2 is 1.93 bits per heavy atom. The lowest BCUT2D eigenvalue weighted by molar-refractivity contribution is -0.125. The summed E-state index contributed by atoms with van der Waals surface area (Å²) < 4.78 is 0. The molecule has 3 nitrogen and oxygen atoms in total. The Kier molecular flexibility index (Phi) is 5.45. The molecule has 0 radical (unpaired) electrons. The summed E-state index contributed by atoms with van der Waals surface area (Å²) >= 11 is 0. The smallest absolute Gasteiger partial charge is 0.224 e. The fourth-order valence-electron chi connectivity index (χ4n) is 1.62. The predicted octanol–water partition coefficient (Wildman–Crippen LogP) is 1.45. The van der Waals surface area contributed by atoms with E-state index in [1.54, 1.807) is 0 Å². The van der Waals surface area contributed by atoms with Gasteiger partial charge in [-0.3, -0.25) is 4.79 Å². The predicted molar refractivity (Wildman–Crippen MR) is 60.5 cm³/mol. The molecule has 1 saturated carbocycles. The number of rotatable bonds is 4. The van der Waals surface area contributed by atoms with Gasteiger partial charge >= 0.3 is 0 Å². The highest BCUT2D eigenvalue weighted by Crippen LogP contribution is 2.19. The number of amides is 1. The minimum absolute atomic E-state index is 0. The zero-order valence-electron chi connectivity index (χ0n) is 9.01. The second kappa shape index (κ2) is 5.56. The molecule has 3 N–H and O–H groups in total. The van der Waals surface area contributed by atoms with E-state index < -0.39 is 5.41 Å². The second-order valence-corrected chi connectivity index (χ2v) is 4.61. The standard InChI is InChI=1S/C10H20N2O.ClH/c1-10(2,9(11)13)7-12-8-5-3-4-6-8;/h8,12H,3-7H2,1-2H3,(H2,11,13);1H. The van der Waals surface area contributed by atoms with Crippen molar-refractivity contribution < 1.29 is 4.79 Å². The van der Waals surface area contributed by atoms with Gasteiger partial charge < -0.3 is 11.1 Å². The number of carbonyl (C=O) groups excluding carboxylic acids is 1. The van der Waals surface area contributed by atoms with Crippen LogP contribution in [0.2, 0.25) is 0 Å². The minimum Gasteiger partial charge on any atom is -0.369 e. The zero-order valence-corrected chi connectivity index (χ0v) is 9.82. The van der Waals surface area contributed by atoms with Crippen molar-refractivity contribution >= 4 is 18.3 Å². The van der Waals surface area contributed by atoms with E-state index in [2.05, 4.69) is 5.32 Å². The maximum absolute atomic E-state index is 11.0. The van der Waals surface area contributed by atoms with Crippen molar-refractivity contribution in [1.29, 1.82) is 0 Å². The van der Waals surface area contributed by atoms with Crippen molar-refractivity contribution in [1.82, 2.24) is 5.32 Å². The molecule has 0 bridgehead atoms. The lowest BCUT2D eigenvalue weighted by Gasteiger charge is -2.23. The number of hydrogen-bond donors (Lipinski definition) is 2. The van der Waals surface area contributed by atoms with E-state index in [0.717, 1.165) is 0 Å². The van der Waals surface area contributed by atoms with E-state index >= 15 is 0 Å². The van der Waals surface area contributed by atoms with Crippen LogP contribution in [0.4, 0.5) is 0 Å². The van der Waals surface area contributed by atoms with Crippen LogP contribution in [0.5, 0.6) is 0 Å². The summed E-state index contributed by atoms with van der Waals surface area (Å²) in [6.07, 6.45) is 5.12. The Labute approximate surface area is 92.2 Å². The maximum atomic E-state index is 11.0. The quantitative estimate of drug-likeness (QED) is 0.754. The third kappa shape index (κ3) is 3.84. The molecule has 0 atom stereocenters. The fourth-order valence-corrected chi connectivity index (χ4v) is 1.62. The van der Waals surface area contributed by atoms with Gasteiger partial charge in [0.15, 0.2) is 0 Å². The van der Waals surface area contributed by atoms with Crippen molar-refractivity contribution in [2.75, 3.05) is 6.54 Å². The van der Waals surface area contributed by atoms with Gasteiger partial charge in [-0.1, -0.05) is 12.8 Å². The number of primary amides is 1. The van der Waals surface area contributed by atoms with Crippen LogP contribution in [-0.2, 0) is 4.79 Å². The molecule has 0 aromatic carbocycles. The molecule has 1 aliphatic carbocycles. The van der Waals surface area contributed by atoms with Crippen molar-refractivity contribution in [3.63, 3.8) is 0 Å². The minimum atomic E-state index is -0.414. The van der Waals surface area contributed by atoms with E-state index in [-0.39, 0.29) is 18.3 Å². The van der Waals surface area contributed by atoms with Crippen LogP contribution in [0.25, 0.3) is 0 Å². The van der Waals surface area contributed by atoms with Crippen LogP contribution in [0.3, 0.4) is 0 Å². The van der Waals surface area contributed by atoms with Crippen LogP contribution in [0, 0.1) is 5.41 Å². The Morgan fingerprint density at radius 3 is 2.36 bits per heavy atom. The first-order valence-corrected chi connectivity index (χ1v) is 5.06. The maximum Gasteiger partial charge on any atom is 0.224 e. The molecule has 0 heterocycles. The lowest BCUT2D eigenvalue weighted by Crippen LogP contribution is -2.43. The first-order chi connectivity index (χ1) is 6.02. The van der Waals surface area contributed by atoms with E-state index in [4.69, 9.17) is 5.73 Å². The topological polar surface area (TPSA) is 55.1 Å². The molecule has 0 aromatic heterocycles. The highest BCUT2D eigenvalue weighted by atomic mass is 35.5. The van der Waals surface area contributed by atoms with Crippen LogP contribution >= 0.6 is 12.4 Å². The molecule has 0 unspecified atom stereocenters. The molecule has 1 rings (SSSR count). The van der Waals surface area contributed by atoms with Gasteiger partial charge in [0.05, 0.1) is 5.41 Å². The molecule has 84 valence electrons. The highest BCUT2D eigenvalue weighted by Gasteiger charge is 2.26. The third-order valence-electron chi connectivity index (χ3n) is 2.85. The molecule has 0 saturated heterocycles. The molecule has 1 amide bonds. The molecule has 14 heavy (non-hydrogen) atoms. The number of hydrogen-bond acceptors (Lipinski definition) is 2. The second-order valence-electron chi connectivity index (χ2n) is 4.61. The van der Waals surface area contributed by atoms with E-state index in [0.29, 0.717) is 12.6 Å². The Hall–Kier alpha value is -0.280. The van der Waals surface area contributed by atoms with E-state index in [1.807, 2.05) is 13.8 Å². The van der Waals surface area contributed by atoms with Crippen molar-refractivity contribution in [2.24, 2.45) is 11.1 Å². The summed E-state index contributed by atoms with van der Waals surface area (Å²) in [4.78, 5) is 11.0. The Balaban J connectivity index is 0.00000169. The average molecular weight is 221 g/mol. The summed E-state index contributed by atoms with van der Waals surface area (Å²) in [7, 11) is 0. The Morgan fingerprint density at radius 1 is 1.43 bits per heavy atom. The summed E-state index contributed by atoms with van der Waals surface area (Å²) in [6, 6.07) is 0.610. The molecule has 1 fully saturated rings. The number of nitrogens with two attached hydrogens (primary N) is 1. The van der Waals surface area contributed by atoms with E-state index in [1.165, 1.54) is 25.7 Å². The lowest BCUT2D eigenvalue weighted by atomic mass is 9.92. The normalized spacial score (nSPS) is 17.9. The monoisotopic (exact) mass is 220 g/mol. The van der Waals surface area contributed by atoms with Gasteiger partial charge in [0.2, 0.25) is 5.91 Å². The summed E-state index contributed by atoms with van der Waals surface area (Å²) in [5.74, 6) is -0.224. The summed E-state index contributed by atoms with van der Waals surface area (Å²) in [5, 5.41) is 3.40. The van der Waals surface area contributed by atoms with Gasteiger partial charge in [0.1, 0.15) is 0 Å². The van der Waals surface area contributed by atoms with Crippen LogP contribution in [-0.4, -0.2) is 18.5 Å². The molecular weight excluding hydrogens is 200 g/mol. The SMILES string of the molecule is CC(C)(CNC1CCCC1)C(N)=O.Cl. The molecule has 0 spiro atoms. The van der Waals surface area contributed by atoms with Crippen molar-refractivity contribution in [3.05, 3.63) is 0 Å². The number of halogens is 1. The average Bonchev–Trinajstić information content (AvgIpc) is 2.52. The fraction of sp³-hybridized carbons (Fsp3) is 0.900. The largest absolute Gasteiger partial charge is 0.369 e. The zero-order chi connectivity index (χ0) is 9.90. The summed E-state index contributed by atoms with van der Waals surface area (Å²) in [5.41, 5.74) is 4.86. The van der Waals surface area contributed by atoms with Crippen LogP contribution in [0.15, 0.2) is 0 Å². The van der Waals surface area contributed by atoms with Gasteiger partial charge in [-0.15, -0.1) is 12.4 Å². The van der Waals surface area contributed by atoms with Gasteiger partial charge in [-0.05, 0) is 26.7 Å². The molecule has 0 aliphatic heterocycles. The van der Waals surface area contributed by atoms with Crippen LogP contribution < -0.4 is 11.1 Å². The number of nitrogens with one attached hydrogen (secondary N) is 1. The molecule has 4 heteroatoms. The summed E-state index contributed by atoms with van der Waals surface area (Å²) in [6.45, 7) is 4.47. The van der Waals surface area contributed by atoms with Crippen LogP contribution in [0.1, 0.15) is 39.5 Å². The van der Waals surface area contributed by atoms with Gasteiger partial charge in [-0.2, -0.15) is 0 Å². The first kappa shape index (κ1) is 13.7. The highest BCUT2D eigenvalue weighted by molar-refractivity contribution is 5.85. The Bertz CT molecular complexity index is 189. The molecule has 1 aliphatic rings. The van der Waals surface area contributed by atoms with Crippen molar-refractivity contribution in [3.8, 4) is 0 Å². The number of carbonyl (C=O) groups is 1. The van der Waals surface area contributed by atoms with Crippen molar-refractivity contribution in [2.45, 2.75) is 45.6 Å².